The number of nitrogens with zero attached hydrogens (tertiary/aromatic N) is 1. The van der Waals surface area contributed by atoms with Gasteiger partial charge in [0.25, 0.3) is 0 Å². The second-order valence-electron chi connectivity index (χ2n) is 2.92. The first-order valence-electron chi connectivity index (χ1n) is 3.86. The molecule has 0 spiro atoms. The van der Waals surface area contributed by atoms with Crippen LogP contribution in [0.2, 0.25) is 6.82 Å². The van der Waals surface area contributed by atoms with E-state index in [0.717, 1.165) is 19.6 Å². The van der Waals surface area contributed by atoms with Crippen molar-refractivity contribution >= 4 is 7.05 Å². The smallest absolute Gasteiger partial charge is 0.376 e. The summed E-state index contributed by atoms with van der Waals surface area (Å²) in [5.74, 6) is 0. The van der Waals surface area contributed by atoms with Crippen molar-refractivity contribution in [3.8, 4) is 0 Å². The summed E-state index contributed by atoms with van der Waals surface area (Å²) in [5, 5.41) is 12.5. The van der Waals surface area contributed by atoms with E-state index in [1.807, 2.05) is 6.82 Å². The molecule has 0 bridgehead atoms. The molecule has 0 aromatic rings. The quantitative estimate of drug-likeness (QED) is 0.479. The third-order valence-corrected chi connectivity index (χ3v) is 2.03. The molecule has 0 radical (unpaired) electrons. The van der Waals surface area contributed by atoms with Crippen LogP contribution >= 0.6 is 0 Å². The lowest BCUT2D eigenvalue weighted by Crippen LogP contribution is -2.55. The van der Waals surface area contributed by atoms with Crippen molar-refractivity contribution in [1.29, 1.82) is 0 Å². The number of piperazine rings is 1. The molecule has 0 amide bonds. The minimum atomic E-state index is -0.294. The van der Waals surface area contributed by atoms with Crippen LogP contribution in [0.25, 0.3) is 0 Å². The highest BCUT2D eigenvalue weighted by atomic mass is 16.2. The Kier molecular flexibility index (Phi) is 2.71. The molecule has 1 saturated heterocycles. The highest BCUT2D eigenvalue weighted by Crippen LogP contribution is 2.02. The van der Waals surface area contributed by atoms with Crippen LogP contribution in [0, 0.1) is 0 Å². The standard InChI is InChI=1S/C6H15BN2O/c1-6-5-8-3-4-9(6)7(2)10/h6,8,10H,3-5H2,1-2H3/t6-/m0/s1. The zero-order valence-corrected chi connectivity index (χ0v) is 6.67. The number of rotatable bonds is 1. The number of hydrogen-bond acceptors (Lipinski definition) is 3. The fraction of sp³-hybridized carbons (Fsp3) is 1.00. The number of hydrogen-bond donors (Lipinski definition) is 2. The fourth-order valence-corrected chi connectivity index (χ4v) is 1.41. The van der Waals surface area contributed by atoms with Gasteiger partial charge >= 0.3 is 7.05 Å². The molecule has 0 aromatic carbocycles. The summed E-state index contributed by atoms with van der Waals surface area (Å²) in [4.78, 5) is 2.09. The Morgan fingerprint density at radius 1 is 1.70 bits per heavy atom. The molecule has 1 atom stereocenters. The van der Waals surface area contributed by atoms with Gasteiger partial charge in [-0.05, 0) is 13.7 Å². The molecular weight excluding hydrogens is 127 g/mol. The van der Waals surface area contributed by atoms with E-state index in [9.17, 15) is 5.02 Å². The minimum Gasteiger partial charge on any atom is -0.437 e. The SMILES string of the molecule is CB(O)N1CCNC[C@@H]1C. The van der Waals surface area contributed by atoms with Crippen molar-refractivity contribution in [2.75, 3.05) is 19.6 Å². The maximum absolute atomic E-state index is 9.25. The van der Waals surface area contributed by atoms with Crippen molar-refractivity contribution in [1.82, 2.24) is 10.1 Å². The molecule has 1 heterocycles. The van der Waals surface area contributed by atoms with E-state index < -0.39 is 0 Å². The Morgan fingerprint density at radius 2 is 2.40 bits per heavy atom. The zero-order chi connectivity index (χ0) is 7.56. The Hall–Kier alpha value is -0.0551. The van der Waals surface area contributed by atoms with Crippen molar-refractivity contribution in [3.05, 3.63) is 0 Å². The lowest BCUT2D eigenvalue weighted by molar-refractivity contribution is 0.254. The molecule has 58 valence electrons. The highest BCUT2D eigenvalue weighted by Gasteiger charge is 2.23. The largest absolute Gasteiger partial charge is 0.437 e. The topological polar surface area (TPSA) is 35.5 Å². The molecule has 4 heteroatoms. The summed E-state index contributed by atoms with van der Waals surface area (Å²) in [7, 11) is -0.294. The van der Waals surface area contributed by atoms with Gasteiger partial charge in [0.05, 0.1) is 0 Å². The van der Waals surface area contributed by atoms with Crippen LogP contribution < -0.4 is 5.32 Å². The second kappa shape index (κ2) is 3.37. The highest BCUT2D eigenvalue weighted by molar-refractivity contribution is 6.45. The average Bonchev–Trinajstić information content (AvgIpc) is 1.88. The summed E-state index contributed by atoms with van der Waals surface area (Å²) in [6.07, 6.45) is 0. The molecular formula is C6H15BN2O. The summed E-state index contributed by atoms with van der Waals surface area (Å²) in [5.41, 5.74) is 0. The monoisotopic (exact) mass is 142 g/mol. The van der Waals surface area contributed by atoms with Gasteiger partial charge in [0.1, 0.15) is 0 Å². The maximum atomic E-state index is 9.25. The van der Waals surface area contributed by atoms with Gasteiger partial charge in [-0.25, -0.2) is 0 Å². The van der Waals surface area contributed by atoms with E-state index in [1.54, 1.807) is 0 Å². The van der Waals surface area contributed by atoms with Gasteiger partial charge < -0.3 is 15.2 Å². The van der Waals surface area contributed by atoms with E-state index in [0.29, 0.717) is 6.04 Å². The molecule has 1 rings (SSSR count). The van der Waals surface area contributed by atoms with Crippen LogP contribution in [0.1, 0.15) is 6.92 Å². The van der Waals surface area contributed by atoms with Gasteiger partial charge in [-0.1, -0.05) is 0 Å². The van der Waals surface area contributed by atoms with E-state index in [1.165, 1.54) is 0 Å². The van der Waals surface area contributed by atoms with Crippen LogP contribution in [0.5, 0.6) is 0 Å². The molecule has 0 saturated carbocycles. The van der Waals surface area contributed by atoms with Crippen molar-refractivity contribution in [3.63, 3.8) is 0 Å². The van der Waals surface area contributed by atoms with E-state index in [2.05, 4.69) is 17.1 Å². The fourth-order valence-electron chi connectivity index (χ4n) is 1.41. The molecule has 0 aliphatic carbocycles. The Balaban J connectivity index is 2.40. The molecule has 1 aliphatic heterocycles. The van der Waals surface area contributed by atoms with Crippen molar-refractivity contribution in [2.24, 2.45) is 0 Å². The first kappa shape index (κ1) is 8.05. The Morgan fingerprint density at radius 3 is 2.80 bits per heavy atom. The Bertz CT molecular complexity index is 110. The van der Waals surface area contributed by atoms with Crippen molar-refractivity contribution in [2.45, 2.75) is 19.8 Å². The zero-order valence-electron chi connectivity index (χ0n) is 6.67. The van der Waals surface area contributed by atoms with E-state index in [4.69, 9.17) is 0 Å². The van der Waals surface area contributed by atoms with Gasteiger partial charge in [-0.2, -0.15) is 0 Å². The lowest BCUT2D eigenvalue weighted by Gasteiger charge is -2.34. The Labute approximate surface area is 62.5 Å². The maximum Gasteiger partial charge on any atom is 0.376 e. The van der Waals surface area contributed by atoms with E-state index >= 15 is 0 Å². The first-order valence-corrected chi connectivity index (χ1v) is 3.86. The van der Waals surface area contributed by atoms with Crippen molar-refractivity contribution < 1.29 is 5.02 Å². The van der Waals surface area contributed by atoms with Gasteiger partial charge in [0.2, 0.25) is 0 Å². The van der Waals surface area contributed by atoms with Gasteiger partial charge in [-0.15, -0.1) is 0 Å². The summed E-state index contributed by atoms with van der Waals surface area (Å²) >= 11 is 0. The van der Waals surface area contributed by atoms with E-state index in [-0.39, 0.29) is 7.05 Å². The lowest BCUT2D eigenvalue weighted by atomic mass is 9.82. The molecule has 10 heavy (non-hydrogen) atoms. The predicted molar refractivity (Wildman–Crippen MR) is 42.9 cm³/mol. The normalized spacial score (nSPS) is 28.5. The summed E-state index contributed by atoms with van der Waals surface area (Å²) in [6.45, 7) is 6.89. The third kappa shape index (κ3) is 1.72. The number of nitrogens with one attached hydrogen (secondary N) is 1. The predicted octanol–water partition coefficient (Wildman–Crippen LogP) is -0.610. The molecule has 0 unspecified atom stereocenters. The van der Waals surface area contributed by atoms with Crippen LogP contribution in [0.15, 0.2) is 0 Å². The van der Waals surface area contributed by atoms with Crippen LogP contribution in [-0.2, 0) is 0 Å². The van der Waals surface area contributed by atoms with Gasteiger partial charge in [0.15, 0.2) is 0 Å². The molecule has 0 aromatic heterocycles. The summed E-state index contributed by atoms with van der Waals surface area (Å²) in [6, 6.07) is 0.466. The summed E-state index contributed by atoms with van der Waals surface area (Å²) < 4.78 is 0. The second-order valence-corrected chi connectivity index (χ2v) is 2.92. The third-order valence-electron chi connectivity index (χ3n) is 2.03. The molecule has 2 N–H and O–H groups in total. The van der Waals surface area contributed by atoms with Crippen LogP contribution in [0.4, 0.5) is 0 Å². The first-order chi connectivity index (χ1) is 4.72. The van der Waals surface area contributed by atoms with Crippen LogP contribution in [0.3, 0.4) is 0 Å². The van der Waals surface area contributed by atoms with Crippen LogP contribution in [-0.4, -0.2) is 42.6 Å². The van der Waals surface area contributed by atoms with Gasteiger partial charge in [0, 0.05) is 25.7 Å². The van der Waals surface area contributed by atoms with Gasteiger partial charge in [-0.3, -0.25) is 0 Å². The molecule has 3 nitrogen and oxygen atoms in total. The minimum absolute atomic E-state index is 0.294. The molecule has 1 fully saturated rings. The average molecular weight is 142 g/mol. The molecule has 1 aliphatic rings.